The van der Waals surface area contributed by atoms with Crippen LogP contribution in [0, 0.1) is 0 Å². The Kier molecular flexibility index (Phi) is 4.21. The first-order chi connectivity index (χ1) is 8.78. The fourth-order valence-corrected chi connectivity index (χ4v) is 2.35. The van der Waals surface area contributed by atoms with Crippen molar-refractivity contribution in [3.8, 4) is 5.75 Å². The van der Waals surface area contributed by atoms with Crippen molar-refractivity contribution in [1.29, 1.82) is 0 Å². The van der Waals surface area contributed by atoms with Crippen molar-refractivity contribution in [3.05, 3.63) is 42.0 Å². The van der Waals surface area contributed by atoms with E-state index in [1.807, 2.05) is 13.1 Å². The zero-order valence-corrected chi connectivity index (χ0v) is 11.4. The lowest BCUT2D eigenvalue weighted by atomic mass is 9.99. The molecule has 0 amide bonds. The van der Waals surface area contributed by atoms with Crippen LogP contribution in [0.25, 0.3) is 10.8 Å². The van der Waals surface area contributed by atoms with E-state index >= 15 is 0 Å². The van der Waals surface area contributed by atoms with Gasteiger partial charge in [-0.25, -0.2) is 0 Å². The van der Waals surface area contributed by atoms with Crippen molar-refractivity contribution in [2.75, 3.05) is 14.2 Å². The summed E-state index contributed by atoms with van der Waals surface area (Å²) in [7, 11) is 3.73. The van der Waals surface area contributed by atoms with Crippen LogP contribution in [0.2, 0.25) is 0 Å². The lowest BCUT2D eigenvalue weighted by Gasteiger charge is -2.16. The fourth-order valence-electron chi connectivity index (χ4n) is 2.35. The number of rotatable bonds is 5. The van der Waals surface area contributed by atoms with Gasteiger partial charge in [-0.3, -0.25) is 0 Å². The molecule has 1 N–H and O–H groups in total. The minimum absolute atomic E-state index is 0.446. The van der Waals surface area contributed by atoms with Crippen molar-refractivity contribution in [2.24, 2.45) is 0 Å². The first kappa shape index (κ1) is 12.9. The highest BCUT2D eigenvalue weighted by Gasteiger charge is 2.08. The van der Waals surface area contributed by atoms with Crippen LogP contribution in [0.15, 0.2) is 36.4 Å². The molecule has 2 rings (SSSR count). The molecule has 2 nitrogen and oxygen atoms in total. The molecule has 0 bridgehead atoms. The summed E-state index contributed by atoms with van der Waals surface area (Å²) in [6.45, 7) is 2.22. The van der Waals surface area contributed by atoms with Crippen molar-refractivity contribution < 1.29 is 4.74 Å². The van der Waals surface area contributed by atoms with E-state index in [2.05, 4.69) is 42.6 Å². The molecule has 96 valence electrons. The molecular formula is C16H21NO. The van der Waals surface area contributed by atoms with Gasteiger partial charge in [0.1, 0.15) is 5.75 Å². The van der Waals surface area contributed by atoms with E-state index in [0.29, 0.717) is 6.04 Å². The largest absolute Gasteiger partial charge is 0.497 e. The molecule has 0 fully saturated rings. The van der Waals surface area contributed by atoms with Gasteiger partial charge in [-0.1, -0.05) is 31.5 Å². The standard InChI is InChI=1S/C16H21NO/c1-4-5-16(17-2)14-7-6-13-11-15(18-3)9-8-12(13)10-14/h6-11,16-17H,4-5H2,1-3H3. The summed E-state index contributed by atoms with van der Waals surface area (Å²) in [6, 6.07) is 13.3. The Morgan fingerprint density at radius 3 is 2.50 bits per heavy atom. The summed E-state index contributed by atoms with van der Waals surface area (Å²) in [5, 5.41) is 5.88. The van der Waals surface area contributed by atoms with E-state index in [1.165, 1.54) is 22.8 Å². The maximum absolute atomic E-state index is 5.25. The normalized spacial score (nSPS) is 12.6. The second kappa shape index (κ2) is 5.87. The van der Waals surface area contributed by atoms with Crippen molar-refractivity contribution in [1.82, 2.24) is 5.32 Å². The van der Waals surface area contributed by atoms with Crippen LogP contribution >= 0.6 is 0 Å². The SMILES string of the molecule is CCCC(NC)c1ccc2cc(OC)ccc2c1. The van der Waals surface area contributed by atoms with E-state index in [9.17, 15) is 0 Å². The molecule has 0 aliphatic heterocycles. The summed E-state index contributed by atoms with van der Waals surface area (Å²) in [6.07, 6.45) is 2.35. The Balaban J connectivity index is 2.37. The number of nitrogens with one attached hydrogen (secondary N) is 1. The number of hydrogen-bond acceptors (Lipinski definition) is 2. The number of hydrogen-bond donors (Lipinski definition) is 1. The van der Waals surface area contributed by atoms with Gasteiger partial charge in [-0.05, 0) is 48.0 Å². The van der Waals surface area contributed by atoms with Gasteiger partial charge in [-0.15, -0.1) is 0 Å². The number of benzene rings is 2. The monoisotopic (exact) mass is 243 g/mol. The minimum atomic E-state index is 0.446. The van der Waals surface area contributed by atoms with Crippen molar-refractivity contribution in [2.45, 2.75) is 25.8 Å². The highest BCUT2D eigenvalue weighted by atomic mass is 16.5. The average molecular weight is 243 g/mol. The van der Waals surface area contributed by atoms with Crippen LogP contribution < -0.4 is 10.1 Å². The zero-order chi connectivity index (χ0) is 13.0. The van der Waals surface area contributed by atoms with Crippen molar-refractivity contribution >= 4 is 10.8 Å². The van der Waals surface area contributed by atoms with E-state index in [1.54, 1.807) is 7.11 Å². The molecule has 0 heterocycles. The third kappa shape index (κ3) is 2.65. The molecule has 2 aromatic rings. The van der Waals surface area contributed by atoms with Gasteiger partial charge in [0.15, 0.2) is 0 Å². The summed E-state index contributed by atoms with van der Waals surface area (Å²) in [5.74, 6) is 0.911. The van der Waals surface area contributed by atoms with Crippen LogP contribution in [0.4, 0.5) is 0 Å². The quantitative estimate of drug-likeness (QED) is 0.859. The van der Waals surface area contributed by atoms with E-state index < -0.39 is 0 Å². The third-order valence-electron chi connectivity index (χ3n) is 3.40. The molecule has 0 radical (unpaired) electrons. The van der Waals surface area contributed by atoms with Gasteiger partial charge >= 0.3 is 0 Å². The molecule has 1 atom stereocenters. The van der Waals surface area contributed by atoms with E-state index in [-0.39, 0.29) is 0 Å². The van der Waals surface area contributed by atoms with Crippen LogP contribution in [-0.4, -0.2) is 14.2 Å². The van der Waals surface area contributed by atoms with Crippen LogP contribution in [0.3, 0.4) is 0 Å². The average Bonchev–Trinajstić information content (AvgIpc) is 2.43. The van der Waals surface area contributed by atoms with Gasteiger partial charge in [0, 0.05) is 6.04 Å². The topological polar surface area (TPSA) is 21.3 Å². The molecule has 0 aliphatic rings. The van der Waals surface area contributed by atoms with Gasteiger partial charge in [0.25, 0.3) is 0 Å². The second-order valence-corrected chi connectivity index (χ2v) is 4.60. The van der Waals surface area contributed by atoms with Crippen molar-refractivity contribution in [3.63, 3.8) is 0 Å². The Morgan fingerprint density at radius 1 is 1.11 bits per heavy atom. The smallest absolute Gasteiger partial charge is 0.119 e. The summed E-state index contributed by atoms with van der Waals surface area (Å²) in [5.41, 5.74) is 1.36. The lowest BCUT2D eigenvalue weighted by molar-refractivity contribution is 0.415. The number of ether oxygens (including phenoxy) is 1. The fraction of sp³-hybridized carbons (Fsp3) is 0.375. The molecule has 1 unspecified atom stereocenters. The van der Waals surface area contributed by atoms with Gasteiger partial charge in [0.2, 0.25) is 0 Å². The molecule has 2 aromatic carbocycles. The van der Waals surface area contributed by atoms with Crippen LogP contribution in [0.5, 0.6) is 5.75 Å². The molecule has 0 saturated carbocycles. The Morgan fingerprint density at radius 2 is 1.83 bits per heavy atom. The Bertz CT molecular complexity index is 521. The number of fused-ring (bicyclic) bond motifs is 1. The predicted octanol–water partition coefficient (Wildman–Crippen LogP) is 3.91. The lowest BCUT2D eigenvalue weighted by Crippen LogP contribution is -2.15. The highest BCUT2D eigenvalue weighted by molar-refractivity contribution is 5.84. The molecule has 2 heteroatoms. The minimum Gasteiger partial charge on any atom is -0.497 e. The molecule has 18 heavy (non-hydrogen) atoms. The molecule has 0 saturated heterocycles. The second-order valence-electron chi connectivity index (χ2n) is 4.60. The summed E-state index contributed by atoms with van der Waals surface area (Å²) in [4.78, 5) is 0. The van der Waals surface area contributed by atoms with Crippen LogP contribution in [-0.2, 0) is 0 Å². The van der Waals surface area contributed by atoms with E-state index in [0.717, 1.165) is 12.2 Å². The van der Waals surface area contributed by atoms with Crippen LogP contribution in [0.1, 0.15) is 31.4 Å². The summed E-state index contributed by atoms with van der Waals surface area (Å²) < 4.78 is 5.25. The van der Waals surface area contributed by atoms with Gasteiger partial charge in [0.05, 0.1) is 7.11 Å². The van der Waals surface area contributed by atoms with E-state index in [4.69, 9.17) is 4.74 Å². The van der Waals surface area contributed by atoms with Gasteiger partial charge < -0.3 is 10.1 Å². The molecular weight excluding hydrogens is 222 g/mol. The Labute approximate surface area is 109 Å². The van der Waals surface area contributed by atoms with Gasteiger partial charge in [-0.2, -0.15) is 0 Å². The maximum Gasteiger partial charge on any atom is 0.119 e. The zero-order valence-electron chi connectivity index (χ0n) is 11.4. The summed E-state index contributed by atoms with van der Waals surface area (Å²) >= 11 is 0. The predicted molar refractivity (Wildman–Crippen MR) is 77.2 cm³/mol. The first-order valence-electron chi connectivity index (χ1n) is 6.53. The Hall–Kier alpha value is -1.54. The third-order valence-corrected chi connectivity index (χ3v) is 3.40. The maximum atomic E-state index is 5.25. The highest BCUT2D eigenvalue weighted by Crippen LogP contribution is 2.25. The number of methoxy groups -OCH3 is 1. The molecule has 0 aliphatic carbocycles. The molecule has 0 aromatic heterocycles. The first-order valence-corrected chi connectivity index (χ1v) is 6.53. The molecule has 0 spiro atoms.